The molecular weight excluding hydrogens is 330 g/mol. The number of pyridine rings is 1. The monoisotopic (exact) mass is 341 g/mol. The van der Waals surface area contributed by atoms with Crippen LogP contribution in [0, 0.1) is 0 Å². The van der Waals surface area contributed by atoms with Crippen molar-refractivity contribution in [3.8, 4) is 5.69 Å². The first-order valence-electron chi connectivity index (χ1n) is 6.46. The van der Waals surface area contributed by atoms with Crippen LogP contribution in [0.3, 0.4) is 0 Å². The van der Waals surface area contributed by atoms with Crippen molar-refractivity contribution in [1.82, 2.24) is 14.8 Å². The first kappa shape index (κ1) is 13.7. The predicted molar refractivity (Wildman–Crippen MR) is 83.5 cm³/mol. The van der Waals surface area contributed by atoms with E-state index >= 15 is 0 Å². The summed E-state index contributed by atoms with van der Waals surface area (Å²) in [6, 6.07) is 13.3. The molecule has 5 heteroatoms. The molecule has 0 saturated carbocycles. The van der Waals surface area contributed by atoms with Gasteiger partial charge in [-0.3, -0.25) is 9.78 Å². The summed E-state index contributed by atoms with van der Waals surface area (Å²) in [7, 11) is 0. The highest BCUT2D eigenvalue weighted by molar-refractivity contribution is 9.10. The number of hydrogen-bond donors (Lipinski definition) is 0. The molecule has 2 aromatic heterocycles. The van der Waals surface area contributed by atoms with Crippen LogP contribution in [0.25, 0.3) is 5.69 Å². The van der Waals surface area contributed by atoms with E-state index in [4.69, 9.17) is 0 Å². The van der Waals surface area contributed by atoms with E-state index in [1.807, 2.05) is 36.4 Å². The molecule has 0 spiro atoms. The van der Waals surface area contributed by atoms with Gasteiger partial charge in [0.15, 0.2) is 5.78 Å². The lowest BCUT2D eigenvalue weighted by Gasteiger charge is -2.01. The fourth-order valence-corrected chi connectivity index (χ4v) is 2.44. The van der Waals surface area contributed by atoms with Gasteiger partial charge < -0.3 is 0 Å². The number of ketones is 1. The second kappa shape index (κ2) is 6.01. The van der Waals surface area contributed by atoms with E-state index in [-0.39, 0.29) is 12.2 Å². The number of benzene rings is 1. The summed E-state index contributed by atoms with van der Waals surface area (Å²) in [5.41, 5.74) is 2.25. The normalized spacial score (nSPS) is 10.5. The van der Waals surface area contributed by atoms with E-state index in [0.29, 0.717) is 5.69 Å². The summed E-state index contributed by atoms with van der Waals surface area (Å²) in [5.74, 6) is -0.0235. The first-order chi connectivity index (χ1) is 10.2. The minimum Gasteiger partial charge on any atom is -0.292 e. The number of carbonyl (C=O) groups is 1. The zero-order chi connectivity index (χ0) is 14.7. The number of hydrogen-bond acceptors (Lipinski definition) is 3. The van der Waals surface area contributed by atoms with Crippen molar-refractivity contribution in [3.05, 3.63) is 76.8 Å². The Morgan fingerprint density at radius 1 is 1.14 bits per heavy atom. The van der Waals surface area contributed by atoms with Gasteiger partial charge in [0.05, 0.1) is 5.69 Å². The lowest BCUT2D eigenvalue weighted by molar-refractivity contribution is 0.0987. The largest absolute Gasteiger partial charge is 0.292 e. The summed E-state index contributed by atoms with van der Waals surface area (Å²) < 4.78 is 2.56. The molecule has 0 radical (unpaired) electrons. The van der Waals surface area contributed by atoms with Crippen molar-refractivity contribution in [1.29, 1.82) is 0 Å². The average Bonchev–Trinajstić information content (AvgIpc) is 2.98. The van der Waals surface area contributed by atoms with Crippen LogP contribution in [0.1, 0.15) is 16.1 Å². The number of carbonyl (C=O) groups excluding carboxylic acids is 1. The third-order valence-corrected chi connectivity index (χ3v) is 3.46. The van der Waals surface area contributed by atoms with Crippen LogP contribution in [-0.2, 0) is 6.42 Å². The molecule has 104 valence electrons. The zero-order valence-corrected chi connectivity index (χ0v) is 12.7. The molecule has 0 N–H and O–H groups in total. The minimum atomic E-state index is -0.0235. The Morgan fingerprint density at radius 2 is 1.95 bits per heavy atom. The first-order valence-corrected chi connectivity index (χ1v) is 7.25. The molecule has 0 unspecified atom stereocenters. The number of nitrogens with zero attached hydrogens (tertiary/aromatic N) is 3. The number of Topliss-reactive ketones (excluding diaryl/α,β-unsaturated/α-hetero) is 1. The van der Waals surface area contributed by atoms with Crippen LogP contribution in [-0.4, -0.2) is 20.5 Å². The Kier molecular flexibility index (Phi) is 3.92. The van der Waals surface area contributed by atoms with Gasteiger partial charge in [-0.05, 0) is 45.8 Å². The highest BCUT2D eigenvalue weighted by Gasteiger charge is 2.11. The van der Waals surface area contributed by atoms with Crippen molar-refractivity contribution in [2.45, 2.75) is 6.42 Å². The quantitative estimate of drug-likeness (QED) is 0.683. The Bertz CT molecular complexity index is 768. The van der Waals surface area contributed by atoms with Gasteiger partial charge in [-0.2, -0.15) is 5.10 Å². The van der Waals surface area contributed by atoms with Crippen LogP contribution in [0.5, 0.6) is 0 Å². The second-order valence-corrected chi connectivity index (χ2v) is 5.51. The summed E-state index contributed by atoms with van der Waals surface area (Å²) in [5, 5.41) is 4.33. The molecule has 0 aliphatic heterocycles. The van der Waals surface area contributed by atoms with Crippen LogP contribution in [0.4, 0.5) is 0 Å². The summed E-state index contributed by atoms with van der Waals surface area (Å²) in [6.45, 7) is 0. The molecule has 21 heavy (non-hydrogen) atoms. The maximum atomic E-state index is 12.3. The lowest BCUT2D eigenvalue weighted by atomic mass is 10.1. The van der Waals surface area contributed by atoms with E-state index in [9.17, 15) is 4.79 Å². The number of para-hydroxylation sites is 1. The van der Waals surface area contributed by atoms with Gasteiger partial charge in [0.1, 0.15) is 5.69 Å². The molecule has 1 aromatic carbocycles. The Morgan fingerprint density at radius 3 is 2.71 bits per heavy atom. The second-order valence-electron chi connectivity index (χ2n) is 4.59. The molecule has 4 nitrogen and oxygen atoms in total. The highest BCUT2D eigenvalue weighted by Crippen LogP contribution is 2.13. The van der Waals surface area contributed by atoms with Gasteiger partial charge >= 0.3 is 0 Å². The number of halogens is 1. The highest BCUT2D eigenvalue weighted by atomic mass is 79.9. The van der Waals surface area contributed by atoms with Crippen LogP contribution >= 0.6 is 15.9 Å². The summed E-state index contributed by atoms with van der Waals surface area (Å²) in [4.78, 5) is 16.3. The standard InChI is InChI=1S/C16H12BrN3O/c17-13-8-12(10-18-11-13)9-16(21)15-6-7-20(19-15)14-4-2-1-3-5-14/h1-8,10-11H,9H2. The van der Waals surface area contributed by atoms with E-state index in [2.05, 4.69) is 26.0 Å². The van der Waals surface area contributed by atoms with Crippen molar-refractivity contribution in [2.24, 2.45) is 0 Å². The van der Waals surface area contributed by atoms with E-state index < -0.39 is 0 Å². The molecule has 0 atom stereocenters. The summed E-state index contributed by atoms with van der Waals surface area (Å²) in [6.07, 6.45) is 5.47. The van der Waals surface area contributed by atoms with E-state index in [0.717, 1.165) is 15.7 Å². The molecule has 0 amide bonds. The minimum absolute atomic E-state index is 0.0235. The van der Waals surface area contributed by atoms with Crippen molar-refractivity contribution in [2.75, 3.05) is 0 Å². The van der Waals surface area contributed by atoms with Gasteiger partial charge in [-0.1, -0.05) is 18.2 Å². The maximum absolute atomic E-state index is 12.3. The molecule has 0 bridgehead atoms. The number of rotatable bonds is 4. The SMILES string of the molecule is O=C(Cc1cncc(Br)c1)c1ccn(-c2ccccc2)n1. The molecule has 0 fully saturated rings. The van der Waals surface area contributed by atoms with E-state index in [1.165, 1.54) is 0 Å². The van der Waals surface area contributed by atoms with Gasteiger partial charge in [0, 0.05) is 29.5 Å². The summed E-state index contributed by atoms with van der Waals surface area (Å²) >= 11 is 3.35. The van der Waals surface area contributed by atoms with Gasteiger partial charge in [-0.25, -0.2) is 4.68 Å². The van der Waals surface area contributed by atoms with E-state index in [1.54, 1.807) is 29.3 Å². The fraction of sp³-hybridized carbons (Fsp3) is 0.0625. The van der Waals surface area contributed by atoms with Crippen molar-refractivity contribution < 1.29 is 4.79 Å². The molecule has 3 rings (SSSR count). The number of aromatic nitrogens is 3. The molecule has 2 heterocycles. The average molecular weight is 342 g/mol. The van der Waals surface area contributed by atoms with Gasteiger partial charge in [0.2, 0.25) is 0 Å². The predicted octanol–water partition coefficient (Wildman–Crippen LogP) is 3.46. The van der Waals surface area contributed by atoms with Crippen LogP contribution < -0.4 is 0 Å². The molecule has 0 aliphatic rings. The molecule has 0 aliphatic carbocycles. The third kappa shape index (κ3) is 3.25. The Balaban J connectivity index is 1.78. The van der Waals surface area contributed by atoms with Crippen molar-refractivity contribution >= 4 is 21.7 Å². The topological polar surface area (TPSA) is 47.8 Å². The zero-order valence-electron chi connectivity index (χ0n) is 11.1. The lowest BCUT2D eigenvalue weighted by Crippen LogP contribution is -2.06. The van der Waals surface area contributed by atoms with Gasteiger partial charge in [0.25, 0.3) is 0 Å². The van der Waals surface area contributed by atoms with Crippen LogP contribution in [0.15, 0.2) is 65.5 Å². The molecular formula is C16H12BrN3O. The van der Waals surface area contributed by atoms with Crippen LogP contribution in [0.2, 0.25) is 0 Å². The van der Waals surface area contributed by atoms with Crippen molar-refractivity contribution in [3.63, 3.8) is 0 Å². The smallest absolute Gasteiger partial charge is 0.187 e. The Hall–Kier alpha value is -2.27. The fourth-order valence-electron chi connectivity index (χ4n) is 2.03. The van der Waals surface area contributed by atoms with Gasteiger partial charge in [-0.15, -0.1) is 0 Å². The maximum Gasteiger partial charge on any atom is 0.187 e. The Labute approximate surface area is 130 Å². The molecule has 3 aromatic rings. The molecule has 0 saturated heterocycles. The third-order valence-electron chi connectivity index (χ3n) is 3.02.